The molecule has 5 nitrogen and oxygen atoms in total. The Morgan fingerprint density at radius 3 is 2.70 bits per heavy atom. The van der Waals surface area contributed by atoms with Crippen LogP contribution >= 0.6 is 15.9 Å². The van der Waals surface area contributed by atoms with Gasteiger partial charge in [0.1, 0.15) is 5.82 Å². The van der Waals surface area contributed by atoms with Gasteiger partial charge in [-0.05, 0) is 60.9 Å². The number of benzene rings is 2. The number of amides is 1. The van der Waals surface area contributed by atoms with Crippen LogP contribution in [0.2, 0.25) is 0 Å². The lowest BCUT2D eigenvalue weighted by molar-refractivity contribution is -0.136. The largest absolute Gasteiger partial charge is 0.462 e. The van der Waals surface area contributed by atoms with Gasteiger partial charge in [0, 0.05) is 33.7 Å². The van der Waals surface area contributed by atoms with Crippen LogP contribution in [-0.2, 0) is 16.0 Å². The van der Waals surface area contributed by atoms with Crippen molar-refractivity contribution in [1.82, 2.24) is 9.88 Å². The van der Waals surface area contributed by atoms with Crippen LogP contribution in [0, 0.1) is 5.82 Å². The van der Waals surface area contributed by atoms with E-state index in [1.165, 1.54) is 29.2 Å². The van der Waals surface area contributed by atoms with E-state index in [9.17, 15) is 14.0 Å². The highest BCUT2D eigenvalue weighted by Crippen LogP contribution is 2.33. The number of fused-ring (bicyclic) bond motifs is 3. The monoisotopic (exact) mass is 470 g/mol. The second kappa shape index (κ2) is 8.44. The van der Waals surface area contributed by atoms with Gasteiger partial charge in [0.15, 0.2) is 0 Å². The third kappa shape index (κ3) is 3.89. The van der Waals surface area contributed by atoms with Crippen molar-refractivity contribution in [2.24, 2.45) is 0 Å². The molecule has 1 aliphatic rings. The van der Waals surface area contributed by atoms with Gasteiger partial charge in [0.05, 0.1) is 17.9 Å². The maximum atomic E-state index is 13.3. The number of H-pyrrole nitrogens is 1. The number of carbonyl (C=O) groups is 2. The zero-order valence-electron chi connectivity index (χ0n) is 16.4. The van der Waals surface area contributed by atoms with Crippen LogP contribution in [-0.4, -0.2) is 34.9 Å². The van der Waals surface area contributed by atoms with Crippen LogP contribution in [0.5, 0.6) is 0 Å². The first kappa shape index (κ1) is 20.3. The maximum Gasteiger partial charge on any atom is 0.341 e. The number of nitrogens with zero attached hydrogens (tertiary/aromatic N) is 1. The van der Waals surface area contributed by atoms with Gasteiger partial charge in [0.2, 0.25) is 0 Å². The number of carbonyl (C=O) groups excluding carboxylic acids is 2. The highest BCUT2D eigenvalue weighted by Gasteiger charge is 2.27. The minimum atomic E-state index is -0.484. The molecule has 30 heavy (non-hydrogen) atoms. The second-order valence-electron chi connectivity index (χ2n) is 7.10. The molecule has 4 rings (SSSR count). The van der Waals surface area contributed by atoms with E-state index in [2.05, 4.69) is 20.9 Å². The number of halogens is 2. The molecule has 0 saturated heterocycles. The predicted molar refractivity (Wildman–Crippen MR) is 116 cm³/mol. The smallest absolute Gasteiger partial charge is 0.341 e. The summed E-state index contributed by atoms with van der Waals surface area (Å²) in [6.07, 6.45) is 2.80. The zero-order chi connectivity index (χ0) is 21.3. The molecule has 0 aliphatic carbocycles. The van der Waals surface area contributed by atoms with Gasteiger partial charge in [-0.15, -0.1) is 0 Å². The number of hydrogen-bond acceptors (Lipinski definition) is 3. The molecule has 154 valence electrons. The average Bonchev–Trinajstić information content (AvgIpc) is 2.98. The van der Waals surface area contributed by atoms with Crippen LogP contribution in [0.15, 0.2) is 53.1 Å². The van der Waals surface area contributed by atoms with Crippen molar-refractivity contribution >= 4 is 44.3 Å². The molecule has 2 aromatic carbocycles. The van der Waals surface area contributed by atoms with Gasteiger partial charge in [-0.2, -0.15) is 0 Å². The average molecular weight is 471 g/mol. The Labute approximate surface area is 181 Å². The van der Waals surface area contributed by atoms with Crippen molar-refractivity contribution < 1.29 is 18.7 Å². The van der Waals surface area contributed by atoms with Gasteiger partial charge >= 0.3 is 5.97 Å². The molecule has 1 aliphatic heterocycles. The van der Waals surface area contributed by atoms with Crippen LogP contribution in [0.1, 0.15) is 35.0 Å². The topological polar surface area (TPSA) is 62.4 Å². The number of hydrogen-bond donors (Lipinski definition) is 1. The van der Waals surface area contributed by atoms with Crippen LogP contribution in [0.3, 0.4) is 0 Å². The minimum Gasteiger partial charge on any atom is -0.462 e. The van der Waals surface area contributed by atoms with E-state index < -0.39 is 11.8 Å². The van der Waals surface area contributed by atoms with Crippen LogP contribution in [0.25, 0.3) is 16.5 Å². The summed E-state index contributed by atoms with van der Waals surface area (Å²) in [6.45, 7) is 2.60. The third-order valence-corrected chi connectivity index (χ3v) is 5.53. The standard InChI is InChI=1S/C23H20BrFN2O3/c1-2-11-30-23(29)19-13-27(22(28)14-3-6-16(25)7-4-14)10-9-17-18-12-15(24)5-8-20(18)26-21(17)19/h3-8,12-13,26H,2,9-11H2,1H3. The number of rotatable bonds is 4. The summed E-state index contributed by atoms with van der Waals surface area (Å²) in [5.74, 6) is -1.19. The minimum absolute atomic E-state index is 0.295. The van der Waals surface area contributed by atoms with Crippen molar-refractivity contribution in [1.29, 1.82) is 0 Å². The first-order valence-electron chi connectivity index (χ1n) is 9.74. The zero-order valence-corrected chi connectivity index (χ0v) is 18.0. The maximum absolute atomic E-state index is 13.3. The first-order valence-corrected chi connectivity index (χ1v) is 10.5. The van der Waals surface area contributed by atoms with E-state index in [1.807, 2.05) is 25.1 Å². The number of ether oxygens (including phenoxy) is 1. The lowest BCUT2D eigenvalue weighted by Crippen LogP contribution is -2.28. The predicted octanol–water partition coefficient (Wildman–Crippen LogP) is 5.06. The summed E-state index contributed by atoms with van der Waals surface area (Å²) in [4.78, 5) is 30.7. The van der Waals surface area contributed by atoms with Gasteiger partial charge in [-0.3, -0.25) is 4.79 Å². The van der Waals surface area contributed by atoms with E-state index in [4.69, 9.17) is 4.74 Å². The van der Waals surface area contributed by atoms with Crippen molar-refractivity contribution in [3.8, 4) is 0 Å². The Balaban J connectivity index is 1.78. The van der Waals surface area contributed by atoms with E-state index in [1.54, 1.807) is 6.20 Å². The molecule has 0 radical (unpaired) electrons. The Morgan fingerprint density at radius 2 is 1.97 bits per heavy atom. The van der Waals surface area contributed by atoms with Gasteiger partial charge < -0.3 is 14.6 Å². The van der Waals surface area contributed by atoms with Gasteiger partial charge in [0.25, 0.3) is 5.91 Å². The fraction of sp³-hybridized carbons (Fsp3) is 0.217. The molecule has 0 saturated carbocycles. The second-order valence-corrected chi connectivity index (χ2v) is 8.02. The molecule has 7 heteroatoms. The fourth-order valence-electron chi connectivity index (χ4n) is 3.57. The normalized spacial score (nSPS) is 13.6. The molecule has 0 spiro atoms. The highest BCUT2D eigenvalue weighted by molar-refractivity contribution is 9.10. The van der Waals surface area contributed by atoms with Crippen molar-refractivity contribution in [3.05, 3.63) is 75.8 Å². The Kier molecular flexibility index (Phi) is 5.72. The van der Waals surface area contributed by atoms with Crippen molar-refractivity contribution in [3.63, 3.8) is 0 Å². The first-order chi connectivity index (χ1) is 14.5. The van der Waals surface area contributed by atoms with Crippen LogP contribution < -0.4 is 0 Å². The quantitative estimate of drug-likeness (QED) is 0.541. The summed E-state index contributed by atoms with van der Waals surface area (Å²) in [7, 11) is 0. The van der Waals surface area contributed by atoms with Crippen LogP contribution in [0.4, 0.5) is 4.39 Å². The molecule has 0 fully saturated rings. The number of nitrogens with one attached hydrogen (secondary N) is 1. The highest BCUT2D eigenvalue weighted by atomic mass is 79.9. The molecular formula is C23H20BrFN2O3. The lowest BCUT2D eigenvalue weighted by Gasteiger charge is -2.18. The Hall–Kier alpha value is -2.93. The molecule has 1 amide bonds. The summed E-state index contributed by atoms with van der Waals surface area (Å²) >= 11 is 3.50. The number of aromatic nitrogens is 1. The van der Waals surface area contributed by atoms with E-state index in [0.717, 1.165) is 20.9 Å². The SMILES string of the molecule is CCCOC(=O)C1=CN(C(=O)c2ccc(F)cc2)CCc2c1[nH]c1ccc(Br)cc21. The molecule has 0 atom stereocenters. The lowest BCUT2D eigenvalue weighted by atomic mass is 10.0. The summed E-state index contributed by atoms with van der Waals surface area (Å²) in [5, 5.41) is 0.990. The molecule has 0 unspecified atom stereocenters. The Bertz CT molecular complexity index is 1150. The number of esters is 1. The molecule has 0 bridgehead atoms. The van der Waals surface area contributed by atoms with E-state index in [-0.39, 0.29) is 5.91 Å². The Morgan fingerprint density at radius 1 is 1.20 bits per heavy atom. The number of aromatic amines is 1. The van der Waals surface area contributed by atoms with Gasteiger partial charge in [-0.1, -0.05) is 22.9 Å². The van der Waals surface area contributed by atoms with Crippen molar-refractivity contribution in [2.75, 3.05) is 13.2 Å². The summed E-state index contributed by atoms with van der Waals surface area (Å²) in [6, 6.07) is 11.3. The molecule has 2 heterocycles. The summed E-state index contributed by atoms with van der Waals surface area (Å²) < 4.78 is 19.6. The van der Waals surface area contributed by atoms with Gasteiger partial charge in [-0.25, -0.2) is 9.18 Å². The van der Waals surface area contributed by atoms with E-state index >= 15 is 0 Å². The molecule has 1 aromatic heterocycles. The van der Waals surface area contributed by atoms with E-state index in [0.29, 0.717) is 42.8 Å². The van der Waals surface area contributed by atoms with Crippen molar-refractivity contribution in [2.45, 2.75) is 19.8 Å². The summed E-state index contributed by atoms with van der Waals surface area (Å²) in [5.41, 5.74) is 3.19. The molecule has 3 aromatic rings. The fourth-order valence-corrected chi connectivity index (χ4v) is 3.93. The molecule has 1 N–H and O–H groups in total. The third-order valence-electron chi connectivity index (χ3n) is 5.03. The molecular weight excluding hydrogens is 451 g/mol.